The van der Waals surface area contributed by atoms with Gasteiger partial charge in [-0.25, -0.2) is 4.98 Å². The molecule has 0 spiro atoms. The summed E-state index contributed by atoms with van der Waals surface area (Å²) in [5.74, 6) is 1.85. The molecule has 1 aliphatic rings. The Labute approximate surface area is 154 Å². The molecule has 0 aliphatic carbocycles. The van der Waals surface area contributed by atoms with Gasteiger partial charge in [-0.2, -0.15) is 0 Å². The summed E-state index contributed by atoms with van der Waals surface area (Å²) in [4.78, 5) is 14.4. The predicted molar refractivity (Wildman–Crippen MR) is 106 cm³/mol. The number of anilines is 1. The van der Waals surface area contributed by atoms with Crippen LogP contribution in [0.15, 0.2) is 48.7 Å². The Balaban J connectivity index is 1.78. The second-order valence-corrected chi connectivity index (χ2v) is 6.55. The third-order valence-corrected chi connectivity index (χ3v) is 5.07. The topological polar surface area (TPSA) is 41.5 Å². The van der Waals surface area contributed by atoms with E-state index in [0.717, 1.165) is 55.7 Å². The van der Waals surface area contributed by atoms with Gasteiger partial charge in [-0.1, -0.05) is 31.2 Å². The molecule has 1 fully saturated rings. The van der Waals surface area contributed by atoms with E-state index in [1.807, 2.05) is 12.1 Å². The van der Waals surface area contributed by atoms with Crippen molar-refractivity contribution in [3.63, 3.8) is 0 Å². The minimum absolute atomic E-state index is 0.795. The number of benzene rings is 1. The van der Waals surface area contributed by atoms with E-state index >= 15 is 0 Å². The van der Waals surface area contributed by atoms with Crippen LogP contribution in [0.5, 0.6) is 5.75 Å². The highest BCUT2D eigenvalue weighted by atomic mass is 16.5. The van der Waals surface area contributed by atoms with E-state index in [2.05, 4.69) is 52.0 Å². The highest BCUT2D eigenvalue weighted by Crippen LogP contribution is 2.30. The SMILES string of the molecule is CCN1CCN(c2nc(-c3cc(OC)ccn3)cc3ccccc23)CC1. The van der Waals surface area contributed by atoms with Gasteiger partial charge in [0.05, 0.1) is 18.5 Å². The van der Waals surface area contributed by atoms with Gasteiger partial charge >= 0.3 is 0 Å². The summed E-state index contributed by atoms with van der Waals surface area (Å²) in [6.45, 7) is 7.48. The number of ether oxygens (including phenoxy) is 1. The number of nitrogens with zero attached hydrogens (tertiary/aromatic N) is 4. The van der Waals surface area contributed by atoms with Crippen LogP contribution in [-0.2, 0) is 0 Å². The van der Waals surface area contributed by atoms with Crippen molar-refractivity contribution in [2.45, 2.75) is 6.92 Å². The number of methoxy groups -OCH3 is 1. The Hall–Kier alpha value is -2.66. The van der Waals surface area contributed by atoms with Crippen LogP contribution in [-0.4, -0.2) is 54.7 Å². The molecular formula is C21H24N4O. The molecule has 26 heavy (non-hydrogen) atoms. The van der Waals surface area contributed by atoms with Crippen molar-refractivity contribution in [1.82, 2.24) is 14.9 Å². The largest absolute Gasteiger partial charge is 0.497 e. The van der Waals surface area contributed by atoms with Crippen molar-refractivity contribution in [3.05, 3.63) is 48.7 Å². The summed E-state index contributed by atoms with van der Waals surface area (Å²) >= 11 is 0. The highest BCUT2D eigenvalue weighted by molar-refractivity contribution is 5.94. The Morgan fingerprint density at radius 2 is 1.81 bits per heavy atom. The number of aromatic nitrogens is 2. The molecule has 1 saturated heterocycles. The van der Waals surface area contributed by atoms with E-state index in [9.17, 15) is 0 Å². The standard InChI is InChI=1S/C21H24N4O/c1-3-24-10-12-25(13-11-24)21-18-7-5-4-6-16(18)14-20(23-21)19-15-17(26-2)8-9-22-19/h4-9,14-15H,3,10-13H2,1-2H3. The lowest BCUT2D eigenvalue weighted by Crippen LogP contribution is -2.46. The van der Waals surface area contributed by atoms with Crippen LogP contribution in [0.2, 0.25) is 0 Å². The van der Waals surface area contributed by atoms with Crippen LogP contribution in [0.4, 0.5) is 5.82 Å². The summed E-state index contributed by atoms with van der Waals surface area (Å²) in [6.07, 6.45) is 1.77. The summed E-state index contributed by atoms with van der Waals surface area (Å²) in [7, 11) is 1.67. The summed E-state index contributed by atoms with van der Waals surface area (Å²) < 4.78 is 5.35. The van der Waals surface area contributed by atoms with E-state index in [1.54, 1.807) is 13.3 Å². The number of hydrogen-bond acceptors (Lipinski definition) is 5. The molecule has 3 aromatic rings. The van der Waals surface area contributed by atoms with Crippen molar-refractivity contribution in [3.8, 4) is 17.1 Å². The van der Waals surface area contributed by atoms with Crippen molar-refractivity contribution in [1.29, 1.82) is 0 Å². The van der Waals surface area contributed by atoms with Gasteiger partial charge in [-0.15, -0.1) is 0 Å². The van der Waals surface area contributed by atoms with Crippen LogP contribution in [0.1, 0.15) is 6.92 Å². The number of fused-ring (bicyclic) bond motifs is 1. The number of pyridine rings is 2. The minimum atomic E-state index is 0.795. The van der Waals surface area contributed by atoms with Gasteiger partial charge in [0.15, 0.2) is 0 Å². The lowest BCUT2D eigenvalue weighted by molar-refractivity contribution is 0.271. The van der Waals surface area contributed by atoms with E-state index in [0.29, 0.717) is 0 Å². The molecule has 2 aromatic heterocycles. The van der Waals surface area contributed by atoms with Gasteiger partial charge < -0.3 is 14.5 Å². The number of rotatable bonds is 4. The molecule has 0 unspecified atom stereocenters. The molecule has 1 aromatic carbocycles. The fourth-order valence-electron chi connectivity index (χ4n) is 3.51. The fraction of sp³-hybridized carbons (Fsp3) is 0.333. The second kappa shape index (κ2) is 7.30. The van der Waals surface area contributed by atoms with Gasteiger partial charge in [0, 0.05) is 43.8 Å². The van der Waals surface area contributed by atoms with Crippen LogP contribution < -0.4 is 9.64 Å². The monoisotopic (exact) mass is 348 g/mol. The first-order valence-corrected chi connectivity index (χ1v) is 9.16. The average molecular weight is 348 g/mol. The third kappa shape index (κ3) is 3.22. The van der Waals surface area contributed by atoms with Crippen molar-refractivity contribution in [2.24, 2.45) is 0 Å². The smallest absolute Gasteiger partial charge is 0.137 e. The Bertz CT molecular complexity index is 903. The first kappa shape index (κ1) is 16.8. The normalized spacial score (nSPS) is 15.4. The third-order valence-electron chi connectivity index (χ3n) is 5.07. The summed E-state index contributed by atoms with van der Waals surface area (Å²) in [6, 6.07) is 14.4. The molecular weight excluding hydrogens is 324 g/mol. The summed E-state index contributed by atoms with van der Waals surface area (Å²) in [5, 5.41) is 2.39. The molecule has 0 amide bonds. The number of hydrogen-bond donors (Lipinski definition) is 0. The lowest BCUT2D eigenvalue weighted by Gasteiger charge is -2.35. The Morgan fingerprint density at radius 3 is 2.58 bits per heavy atom. The van der Waals surface area contributed by atoms with Crippen LogP contribution >= 0.6 is 0 Å². The van der Waals surface area contributed by atoms with E-state index in [-0.39, 0.29) is 0 Å². The Kier molecular flexibility index (Phi) is 4.71. The molecule has 0 atom stereocenters. The average Bonchev–Trinajstić information content (AvgIpc) is 2.73. The molecule has 0 N–H and O–H groups in total. The van der Waals surface area contributed by atoms with Crippen LogP contribution in [0.25, 0.3) is 22.2 Å². The molecule has 0 bridgehead atoms. The van der Waals surface area contributed by atoms with Gasteiger partial charge in [-0.3, -0.25) is 4.98 Å². The maximum Gasteiger partial charge on any atom is 0.137 e. The van der Waals surface area contributed by atoms with E-state index in [1.165, 1.54) is 10.8 Å². The molecule has 134 valence electrons. The highest BCUT2D eigenvalue weighted by Gasteiger charge is 2.20. The first-order valence-electron chi connectivity index (χ1n) is 9.16. The number of piperazine rings is 1. The Morgan fingerprint density at radius 1 is 1.00 bits per heavy atom. The van der Waals surface area contributed by atoms with Crippen molar-refractivity contribution >= 4 is 16.6 Å². The van der Waals surface area contributed by atoms with Crippen molar-refractivity contribution in [2.75, 3.05) is 44.7 Å². The van der Waals surface area contributed by atoms with E-state index < -0.39 is 0 Å². The molecule has 5 heteroatoms. The second-order valence-electron chi connectivity index (χ2n) is 6.55. The van der Waals surface area contributed by atoms with E-state index in [4.69, 9.17) is 9.72 Å². The molecule has 4 rings (SSSR count). The van der Waals surface area contributed by atoms with Crippen LogP contribution in [0.3, 0.4) is 0 Å². The van der Waals surface area contributed by atoms with Crippen molar-refractivity contribution < 1.29 is 4.74 Å². The maximum atomic E-state index is 5.35. The fourth-order valence-corrected chi connectivity index (χ4v) is 3.51. The maximum absolute atomic E-state index is 5.35. The van der Waals surface area contributed by atoms with Gasteiger partial charge in [0.1, 0.15) is 11.6 Å². The minimum Gasteiger partial charge on any atom is -0.497 e. The molecule has 3 heterocycles. The lowest BCUT2D eigenvalue weighted by atomic mass is 10.1. The zero-order valence-electron chi connectivity index (χ0n) is 15.4. The summed E-state index contributed by atoms with van der Waals surface area (Å²) in [5.41, 5.74) is 1.72. The van der Waals surface area contributed by atoms with Gasteiger partial charge in [-0.05, 0) is 24.1 Å². The quantitative estimate of drug-likeness (QED) is 0.722. The molecule has 1 aliphatic heterocycles. The van der Waals surface area contributed by atoms with Crippen LogP contribution in [0, 0.1) is 0 Å². The first-order chi connectivity index (χ1) is 12.8. The predicted octanol–water partition coefficient (Wildman–Crippen LogP) is 3.45. The zero-order valence-corrected chi connectivity index (χ0v) is 15.4. The van der Waals surface area contributed by atoms with Gasteiger partial charge in [0.2, 0.25) is 0 Å². The molecule has 5 nitrogen and oxygen atoms in total. The molecule has 0 saturated carbocycles. The molecule has 0 radical (unpaired) electrons. The van der Waals surface area contributed by atoms with Gasteiger partial charge in [0.25, 0.3) is 0 Å². The number of likely N-dealkylation sites (N-methyl/N-ethyl adjacent to an activating group) is 1. The zero-order chi connectivity index (χ0) is 17.9.